The molecule has 2 aromatic carbocycles. The van der Waals surface area contributed by atoms with Gasteiger partial charge in [0.2, 0.25) is 0 Å². The molecule has 1 fully saturated rings. The number of para-hydroxylation sites is 1. The first-order valence-electron chi connectivity index (χ1n) is 9.74. The number of hydrazone groups is 1. The number of rotatable bonds is 5. The normalized spacial score (nSPS) is 19.9. The summed E-state index contributed by atoms with van der Waals surface area (Å²) >= 11 is 0. The highest BCUT2D eigenvalue weighted by Gasteiger charge is 2.35. The number of carbonyl (C=O) groups is 1. The molecule has 152 valence electrons. The molecule has 0 aromatic heterocycles. The Balaban J connectivity index is 1.64. The average Bonchev–Trinajstić information content (AvgIpc) is 3.20. The van der Waals surface area contributed by atoms with Crippen LogP contribution in [0, 0.1) is 5.82 Å². The molecule has 2 aliphatic rings. The Morgan fingerprint density at radius 3 is 2.76 bits per heavy atom. The van der Waals surface area contributed by atoms with E-state index in [0.29, 0.717) is 36.7 Å². The maximum atomic E-state index is 13.8. The molecule has 7 heteroatoms. The molecule has 6 nitrogen and oxygen atoms in total. The first-order valence-corrected chi connectivity index (χ1v) is 9.74. The zero-order chi connectivity index (χ0) is 20.2. The van der Waals surface area contributed by atoms with Gasteiger partial charge in [0.25, 0.3) is 5.91 Å². The van der Waals surface area contributed by atoms with Crippen molar-refractivity contribution in [2.75, 3.05) is 40.0 Å². The number of amides is 1. The Labute approximate surface area is 169 Å². The zero-order valence-corrected chi connectivity index (χ0v) is 16.4. The van der Waals surface area contributed by atoms with E-state index in [1.807, 2.05) is 30.3 Å². The van der Waals surface area contributed by atoms with E-state index in [2.05, 4.69) is 10.0 Å². The summed E-state index contributed by atoms with van der Waals surface area (Å²) in [6.07, 6.45) is 0.499. The minimum atomic E-state index is -0.322. The minimum Gasteiger partial charge on any atom is -0.496 e. The highest BCUT2D eigenvalue weighted by atomic mass is 19.1. The lowest BCUT2D eigenvalue weighted by atomic mass is 9.97. The summed E-state index contributed by atoms with van der Waals surface area (Å²) in [5.74, 6) is 0.295. The summed E-state index contributed by atoms with van der Waals surface area (Å²) in [5.41, 5.74) is 2.27. The van der Waals surface area contributed by atoms with E-state index in [1.165, 1.54) is 17.1 Å². The van der Waals surface area contributed by atoms with Crippen LogP contribution in [-0.4, -0.2) is 61.5 Å². The summed E-state index contributed by atoms with van der Waals surface area (Å²) in [6, 6.07) is 13.7. The van der Waals surface area contributed by atoms with Crippen molar-refractivity contribution < 1.29 is 18.7 Å². The molecular formula is C22H24FN3O3. The number of hydrogen-bond donors (Lipinski definition) is 0. The zero-order valence-electron chi connectivity index (χ0n) is 16.4. The fourth-order valence-corrected chi connectivity index (χ4v) is 3.79. The standard InChI is InChI=1S/C22H24FN3O3/c1-28-21-8-3-2-7-18(21)20-14-19(16-5-4-6-17(23)13-16)24-26(20)22(27)15-25-9-11-29-12-10-25/h2-8,13,20H,9-12,14-15H2,1H3/t20-/m0/s1. The van der Waals surface area contributed by atoms with E-state index < -0.39 is 0 Å². The van der Waals surface area contributed by atoms with Crippen molar-refractivity contribution in [2.45, 2.75) is 12.5 Å². The number of methoxy groups -OCH3 is 1. The van der Waals surface area contributed by atoms with Crippen molar-refractivity contribution in [3.63, 3.8) is 0 Å². The molecule has 0 N–H and O–H groups in total. The van der Waals surface area contributed by atoms with Gasteiger partial charge in [0.05, 0.1) is 38.6 Å². The van der Waals surface area contributed by atoms with Gasteiger partial charge in [-0.25, -0.2) is 9.40 Å². The molecule has 0 unspecified atom stereocenters. The first kappa shape index (κ1) is 19.5. The van der Waals surface area contributed by atoms with Crippen LogP contribution in [0.15, 0.2) is 53.6 Å². The van der Waals surface area contributed by atoms with Crippen LogP contribution in [0.5, 0.6) is 5.75 Å². The lowest BCUT2D eigenvalue weighted by molar-refractivity contribution is -0.135. The smallest absolute Gasteiger partial charge is 0.257 e. The average molecular weight is 397 g/mol. The van der Waals surface area contributed by atoms with Gasteiger partial charge in [0.1, 0.15) is 11.6 Å². The molecule has 2 heterocycles. The second kappa shape index (κ2) is 8.71. The Morgan fingerprint density at radius 1 is 1.21 bits per heavy atom. The maximum absolute atomic E-state index is 13.8. The summed E-state index contributed by atoms with van der Waals surface area (Å²) in [5, 5.41) is 6.15. The van der Waals surface area contributed by atoms with Crippen LogP contribution >= 0.6 is 0 Å². The quantitative estimate of drug-likeness (QED) is 0.779. The number of ether oxygens (including phenoxy) is 2. The van der Waals surface area contributed by atoms with Gasteiger partial charge in [-0.1, -0.05) is 30.3 Å². The number of carbonyl (C=O) groups excluding carboxylic acids is 1. The van der Waals surface area contributed by atoms with Crippen molar-refractivity contribution in [3.8, 4) is 5.75 Å². The van der Waals surface area contributed by atoms with Crippen LogP contribution in [0.2, 0.25) is 0 Å². The third kappa shape index (κ3) is 4.31. The van der Waals surface area contributed by atoms with Crippen LogP contribution in [0.1, 0.15) is 23.6 Å². The fourth-order valence-electron chi connectivity index (χ4n) is 3.79. The third-order valence-corrected chi connectivity index (χ3v) is 5.28. The summed E-state index contributed by atoms with van der Waals surface area (Å²) in [7, 11) is 1.61. The van der Waals surface area contributed by atoms with Crippen LogP contribution < -0.4 is 4.74 Å². The molecule has 1 amide bonds. The van der Waals surface area contributed by atoms with E-state index >= 15 is 0 Å². The molecule has 0 spiro atoms. The predicted octanol–water partition coefficient (Wildman–Crippen LogP) is 2.84. The number of morpholine rings is 1. The number of benzene rings is 2. The minimum absolute atomic E-state index is 0.0887. The summed E-state index contributed by atoms with van der Waals surface area (Å²) in [6.45, 7) is 2.97. The van der Waals surface area contributed by atoms with Gasteiger partial charge in [0.15, 0.2) is 0 Å². The molecule has 2 aromatic rings. The number of halogens is 1. The van der Waals surface area contributed by atoms with Gasteiger partial charge in [-0.3, -0.25) is 9.69 Å². The summed E-state index contributed by atoms with van der Waals surface area (Å²) < 4.78 is 24.6. The first-order chi connectivity index (χ1) is 14.2. The molecular weight excluding hydrogens is 373 g/mol. The fraction of sp³-hybridized carbons (Fsp3) is 0.364. The van der Waals surface area contributed by atoms with Crippen molar-refractivity contribution in [1.82, 2.24) is 9.91 Å². The van der Waals surface area contributed by atoms with Crippen molar-refractivity contribution in [3.05, 3.63) is 65.5 Å². The highest BCUT2D eigenvalue weighted by Crippen LogP contribution is 2.37. The van der Waals surface area contributed by atoms with Gasteiger partial charge in [-0.05, 0) is 18.2 Å². The topological polar surface area (TPSA) is 54.4 Å². The Kier molecular flexibility index (Phi) is 5.87. The van der Waals surface area contributed by atoms with E-state index in [1.54, 1.807) is 13.2 Å². The largest absolute Gasteiger partial charge is 0.496 e. The SMILES string of the molecule is COc1ccccc1[C@@H]1CC(c2cccc(F)c2)=NN1C(=O)CN1CCOCC1. The molecule has 0 bridgehead atoms. The molecule has 2 aliphatic heterocycles. The van der Waals surface area contributed by atoms with Crippen LogP contribution in [0.3, 0.4) is 0 Å². The second-order valence-electron chi connectivity index (χ2n) is 7.15. The van der Waals surface area contributed by atoms with Gasteiger partial charge in [0, 0.05) is 30.6 Å². The molecule has 0 saturated carbocycles. The highest BCUT2D eigenvalue weighted by molar-refractivity contribution is 6.03. The van der Waals surface area contributed by atoms with Gasteiger partial charge >= 0.3 is 0 Å². The van der Waals surface area contributed by atoms with Crippen molar-refractivity contribution in [2.24, 2.45) is 5.10 Å². The molecule has 4 rings (SSSR count). The second-order valence-corrected chi connectivity index (χ2v) is 7.15. The molecule has 29 heavy (non-hydrogen) atoms. The van der Waals surface area contributed by atoms with Gasteiger partial charge in [-0.15, -0.1) is 0 Å². The van der Waals surface area contributed by atoms with Crippen molar-refractivity contribution in [1.29, 1.82) is 0 Å². The van der Waals surface area contributed by atoms with E-state index in [-0.39, 0.29) is 24.3 Å². The Bertz CT molecular complexity index is 912. The number of hydrogen-bond acceptors (Lipinski definition) is 5. The monoisotopic (exact) mass is 397 g/mol. The van der Waals surface area contributed by atoms with E-state index in [4.69, 9.17) is 9.47 Å². The van der Waals surface area contributed by atoms with E-state index in [9.17, 15) is 9.18 Å². The van der Waals surface area contributed by atoms with Crippen LogP contribution in [0.4, 0.5) is 4.39 Å². The molecule has 0 aliphatic carbocycles. The lowest BCUT2D eigenvalue weighted by Gasteiger charge is -2.29. The third-order valence-electron chi connectivity index (χ3n) is 5.28. The lowest BCUT2D eigenvalue weighted by Crippen LogP contribution is -2.43. The predicted molar refractivity (Wildman–Crippen MR) is 107 cm³/mol. The Morgan fingerprint density at radius 2 is 2.00 bits per heavy atom. The van der Waals surface area contributed by atoms with Crippen LogP contribution in [-0.2, 0) is 9.53 Å². The van der Waals surface area contributed by atoms with Gasteiger partial charge in [-0.2, -0.15) is 5.10 Å². The van der Waals surface area contributed by atoms with Gasteiger partial charge < -0.3 is 9.47 Å². The van der Waals surface area contributed by atoms with E-state index in [0.717, 1.165) is 18.7 Å². The molecule has 1 saturated heterocycles. The van der Waals surface area contributed by atoms with Crippen LogP contribution in [0.25, 0.3) is 0 Å². The number of nitrogens with zero attached hydrogens (tertiary/aromatic N) is 3. The summed E-state index contributed by atoms with van der Waals surface area (Å²) in [4.78, 5) is 15.2. The maximum Gasteiger partial charge on any atom is 0.257 e. The Hall–Kier alpha value is -2.77. The van der Waals surface area contributed by atoms with Crippen molar-refractivity contribution >= 4 is 11.6 Å². The molecule has 0 radical (unpaired) electrons. The molecule has 1 atom stereocenters.